The summed E-state index contributed by atoms with van der Waals surface area (Å²) in [6, 6.07) is 11.4. The van der Waals surface area contributed by atoms with Crippen molar-refractivity contribution in [1.29, 1.82) is 0 Å². The van der Waals surface area contributed by atoms with Crippen molar-refractivity contribution in [3.63, 3.8) is 0 Å². The van der Waals surface area contributed by atoms with Gasteiger partial charge in [0.05, 0.1) is 25.2 Å². The average molecular weight is 363 g/mol. The Morgan fingerprint density at radius 2 is 1.88 bits per heavy atom. The van der Waals surface area contributed by atoms with Gasteiger partial charge in [-0.2, -0.15) is 0 Å². The van der Waals surface area contributed by atoms with E-state index in [2.05, 4.69) is 6.92 Å². The summed E-state index contributed by atoms with van der Waals surface area (Å²) in [7, 11) is 1.37. The predicted molar refractivity (Wildman–Crippen MR) is 98.5 cm³/mol. The largest absolute Gasteiger partial charge is 0.493 e. The third-order valence-electron chi connectivity index (χ3n) is 3.87. The van der Waals surface area contributed by atoms with E-state index in [4.69, 9.17) is 25.8 Å². The molecule has 0 aliphatic carbocycles. The molecule has 2 aromatic rings. The molecule has 0 radical (unpaired) electrons. The van der Waals surface area contributed by atoms with Crippen LogP contribution < -0.4 is 9.47 Å². The standard InChI is InChI=1S/C20H23ClO4/c1-4-14-9-10-19(17(21)11-14)25-13-16-15(12-20(22)23-3)7-6-8-18(16)24-5-2/h6-11H,4-5,12-13H2,1-3H3. The smallest absolute Gasteiger partial charge is 0.309 e. The molecule has 4 nitrogen and oxygen atoms in total. The molecule has 0 saturated carbocycles. The number of carbonyl (C=O) groups excluding carboxylic acids is 1. The average Bonchev–Trinajstić information content (AvgIpc) is 2.62. The minimum Gasteiger partial charge on any atom is -0.493 e. The fraction of sp³-hybridized carbons (Fsp3) is 0.350. The van der Waals surface area contributed by atoms with E-state index in [0.29, 0.717) is 23.1 Å². The van der Waals surface area contributed by atoms with E-state index in [-0.39, 0.29) is 19.0 Å². The number of carbonyl (C=O) groups is 1. The quantitative estimate of drug-likeness (QED) is 0.644. The van der Waals surface area contributed by atoms with Crippen LogP contribution in [0.5, 0.6) is 11.5 Å². The summed E-state index contributed by atoms with van der Waals surface area (Å²) in [6.07, 6.45) is 1.08. The highest BCUT2D eigenvalue weighted by Crippen LogP contribution is 2.29. The third-order valence-corrected chi connectivity index (χ3v) is 4.16. The number of hydrogen-bond acceptors (Lipinski definition) is 4. The molecule has 0 spiro atoms. The molecule has 0 unspecified atom stereocenters. The number of esters is 1. The molecule has 0 fully saturated rings. The van der Waals surface area contributed by atoms with Crippen molar-refractivity contribution in [2.75, 3.05) is 13.7 Å². The summed E-state index contributed by atoms with van der Waals surface area (Å²) < 4.78 is 16.4. The number of rotatable bonds is 8. The van der Waals surface area contributed by atoms with Crippen LogP contribution >= 0.6 is 11.6 Å². The van der Waals surface area contributed by atoms with Crippen molar-refractivity contribution in [2.24, 2.45) is 0 Å². The minimum atomic E-state index is -0.305. The number of aryl methyl sites for hydroxylation is 1. The van der Waals surface area contributed by atoms with Gasteiger partial charge in [0.1, 0.15) is 18.1 Å². The Hall–Kier alpha value is -2.20. The van der Waals surface area contributed by atoms with Crippen LogP contribution in [0.1, 0.15) is 30.5 Å². The van der Waals surface area contributed by atoms with Crippen LogP contribution in [0.3, 0.4) is 0 Å². The third kappa shape index (κ3) is 5.13. The van der Waals surface area contributed by atoms with E-state index in [0.717, 1.165) is 23.1 Å². The summed E-state index contributed by atoms with van der Waals surface area (Å²) in [5, 5.41) is 0.572. The Morgan fingerprint density at radius 1 is 1.08 bits per heavy atom. The van der Waals surface area contributed by atoms with Crippen molar-refractivity contribution in [3.8, 4) is 11.5 Å². The SMILES string of the molecule is CCOc1cccc(CC(=O)OC)c1COc1ccc(CC)cc1Cl. The highest BCUT2D eigenvalue weighted by Gasteiger charge is 2.14. The molecule has 0 heterocycles. The number of benzene rings is 2. The maximum Gasteiger partial charge on any atom is 0.309 e. The molecule has 25 heavy (non-hydrogen) atoms. The monoisotopic (exact) mass is 362 g/mol. The Bertz CT molecular complexity index is 728. The summed E-state index contributed by atoms with van der Waals surface area (Å²) in [4.78, 5) is 11.7. The lowest BCUT2D eigenvalue weighted by Gasteiger charge is -2.16. The van der Waals surface area contributed by atoms with E-state index in [9.17, 15) is 4.79 Å². The summed E-state index contributed by atoms with van der Waals surface area (Å²) in [5.41, 5.74) is 2.79. The van der Waals surface area contributed by atoms with E-state index in [1.165, 1.54) is 7.11 Å². The van der Waals surface area contributed by atoms with Gasteiger partial charge in [-0.1, -0.05) is 36.7 Å². The minimum absolute atomic E-state index is 0.165. The molecule has 0 atom stereocenters. The molecule has 0 bridgehead atoms. The van der Waals surface area contributed by atoms with Crippen LogP contribution in [0, 0.1) is 0 Å². The van der Waals surface area contributed by atoms with Crippen LogP contribution in [0.2, 0.25) is 5.02 Å². The van der Waals surface area contributed by atoms with Crippen molar-refractivity contribution >= 4 is 17.6 Å². The van der Waals surface area contributed by atoms with Crippen LogP contribution in [-0.2, 0) is 29.0 Å². The topological polar surface area (TPSA) is 44.8 Å². The Labute approximate surface area is 153 Å². The fourth-order valence-electron chi connectivity index (χ4n) is 2.49. The Kier molecular flexibility index (Phi) is 7.14. The maximum absolute atomic E-state index is 11.7. The first-order valence-electron chi connectivity index (χ1n) is 8.30. The van der Waals surface area contributed by atoms with Gasteiger partial charge < -0.3 is 14.2 Å². The summed E-state index contributed by atoms with van der Waals surface area (Å²) in [5.74, 6) is 1.000. The van der Waals surface area contributed by atoms with E-state index >= 15 is 0 Å². The van der Waals surface area contributed by atoms with Crippen LogP contribution in [-0.4, -0.2) is 19.7 Å². The second-order valence-corrected chi connectivity index (χ2v) is 5.89. The number of methoxy groups -OCH3 is 1. The molecule has 0 aliphatic rings. The van der Waals surface area contributed by atoms with E-state index < -0.39 is 0 Å². The second-order valence-electron chi connectivity index (χ2n) is 5.49. The first-order valence-corrected chi connectivity index (χ1v) is 8.68. The molecule has 0 aromatic heterocycles. The summed E-state index contributed by atoms with van der Waals surface area (Å²) >= 11 is 6.29. The van der Waals surface area contributed by atoms with Crippen molar-refractivity contribution in [2.45, 2.75) is 33.3 Å². The van der Waals surface area contributed by atoms with E-state index in [1.54, 1.807) is 0 Å². The van der Waals surface area contributed by atoms with Crippen LogP contribution in [0.25, 0.3) is 0 Å². The van der Waals surface area contributed by atoms with Gasteiger partial charge >= 0.3 is 5.97 Å². The van der Waals surface area contributed by atoms with Gasteiger partial charge in [0.2, 0.25) is 0 Å². The van der Waals surface area contributed by atoms with Gasteiger partial charge in [-0.3, -0.25) is 4.79 Å². The maximum atomic E-state index is 11.7. The summed E-state index contributed by atoms with van der Waals surface area (Å²) in [6.45, 7) is 4.77. The highest BCUT2D eigenvalue weighted by atomic mass is 35.5. The number of ether oxygens (including phenoxy) is 3. The second kappa shape index (κ2) is 9.33. The fourth-order valence-corrected chi connectivity index (χ4v) is 2.75. The van der Waals surface area contributed by atoms with Gasteiger partial charge in [-0.25, -0.2) is 0 Å². The van der Waals surface area contributed by atoms with Crippen molar-refractivity contribution < 1.29 is 19.0 Å². The normalized spacial score (nSPS) is 10.4. The van der Waals surface area contributed by atoms with Crippen molar-refractivity contribution in [3.05, 3.63) is 58.1 Å². The van der Waals surface area contributed by atoms with Gasteiger partial charge in [-0.15, -0.1) is 0 Å². The lowest BCUT2D eigenvalue weighted by molar-refractivity contribution is -0.139. The molecule has 0 amide bonds. The molecule has 0 N–H and O–H groups in total. The lowest BCUT2D eigenvalue weighted by Crippen LogP contribution is -2.10. The molecular weight excluding hydrogens is 340 g/mol. The van der Waals surface area contributed by atoms with Crippen LogP contribution in [0.15, 0.2) is 36.4 Å². The van der Waals surface area contributed by atoms with Gasteiger partial charge in [0.25, 0.3) is 0 Å². The molecule has 2 aromatic carbocycles. The Morgan fingerprint density at radius 3 is 2.52 bits per heavy atom. The zero-order chi connectivity index (χ0) is 18.2. The van der Waals surface area contributed by atoms with Gasteiger partial charge in [0, 0.05) is 5.56 Å². The first-order chi connectivity index (χ1) is 12.1. The zero-order valence-corrected chi connectivity index (χ0v) is 15.6. The molecular formula is C20H23ClO4. The number of halogens is 1. The highest BCUT2D eigenvalue weighted by molar-refractivity contribution is 6.32. The predicted octanol–water partition coefficient (Wildman–Crippen LogP) is 4.60. The molecule has 0 saturated heterocycles. The van der Waals surface area contributed by atoms with Gasteiger partial charge in [0.15, 0.2) is 0 Å². The van der Waals surface area contributed by atoms with Crippen LogP contribution in [0.4, 0.5) is 0 Å². The Balaban J connectivity index is 2.25. The zero-order valence-electron chi connectivity index (χ0n) is 14.8. The van der Waals surface area contributed by atoms with Gasteiger partial charge in [-0.05, 0) is 42.7 Å². The number of hydrogen-bond donors (Lipinski definition) is 0. The lowest BCUT2D eigenvalue weighted by atomic mass is 10.0. The first kappa shape index (κ1) is 19.1. The van der Waals surface area contributed by atoms with Crippen molar-refractivity contribution in [1.82, 2.24) is 0 Å². The molecule has 134 valence electrons. The molecule has 2 rings (SSSR count). The molecule has 0 aliphatic heterocycles. The van der Waals surface area contributed by atoms with E-state index in [1.807, 2.05) is 43.3 Å². The molecule has 5 heteroatoms.